The van der Waals surface area contributed by atoms with Crippen LogP contribution in [0.4, 0.5) is 4.79 Å². The van der Waals surface area contributed by atoms with Gasteiger partial charge in [-0.1, -0.05) is 12.1 Å². The van der Waals surface area contributed by atoms with Crippen LogP contribution in [-0.2, 0) is 11.3 Å². The molecular weight excluding hydrogens is 368 g/mol. The first-order chi connectivity index (χ1) is 13.8. The summed E-state index contributed by atoms with van der Waals surface area (Å²) in [4.78, 5) is 20.8. The molecule has 0 saturated carbocycles. The number of imidazole rings is 1. The van der Waals surface area contributed by atoms with Gasteiger partial charge in [0.25, 0.3) is 0 Å². The number of rotatable bonds is 8. The highest BCUT2D eigenvalue weighted by Crippen LogP contribution is 2.14. The molecule has 0 radical (unpaired) electrons. The Morgan fingerprint density at radius 2 is 1.93 bits per heavy atom. The number of carbonyl (C=O) groups excluding carboxylic acids is 1. The van der Waals surface area contributed by atoms with Crippen molar-refractivity contribution >= 4 is 23.1 Å². The van der Waals surface area contributed by atoms with Crippen molar-refractivity contribution in [3.63, 3.8) is 0 Å². The molecule has 8 heteroatoms. The maximum absolute atomic E-state index is 11.6. The number of para-hydroxylation sites is 2. The number of ether oxygens (including phenoxy) is 1. The molecule has 2 rings (SSSR count). The Morgan fingerprint density at radius 3 is 2.66 bits per heavy atom. The number of aliphatic imine (C=N–C) groups is 1. The molecular formula is C21H34N6O2. The van der Waals surface area contributed by atoms with Crippen molar-refractivity contribution in [3.05, 3.63) is 30.1 Å². The first-order valence-corrected chi connectivity index (χ1v) is 10.2. The van der Waals surface area contributed by atoms with Crippen molar-refractivity contribution in [1.29, 1.82) is 0 Å². The first kappa shape index (κ1) is 22.5. The molecule has 29 heavy (non-hydrogen) atoms. The Bertz CT molecular complexity index is 822. The lowest BCUT2D eigenvalue weighted by Crippen LogP contribution is -2.39. The number of alkyl carbamates (subject to hydrolysis) is 1. The number of nitrogens with one attached hydrogen (secondary N) is 3. The van der Waals surface area contributed by atoms with E-state index in [0.29, 0.717) is 13.1 Å². The molecule has 1 aromatic carbocycles. The second-order valence-corrected chi connectivity index (χ2v) is 7.77. The van der Waals surface area contributed by atoms with Gasteiger partial charge in [-0.25, -0.2) is 9.78 Å². The molecule has 0 atom stereocenters. The Morgan fingerprint density at radius 1 is 1.17 bits per heavy atom. The molecule has 160 valence electrons. The van der Waals surface area contributed by atoms with Gasteiger partial charge in [0.05, 0.1) is 11.0 Å². The second-order valence-electron chi connectivity index (χ2n) is 7.77. The summed E-state index contributed by atoms with van der Waals surface area (Å²) in [5.74, 6) is 1.77. The minimum absolute atomic E-state index is 0.394. The largest absolute Gasteiger partial charge is 0.444 e. The van der Waals surface area contributed by atoms with Crippen LogP contribution in [0, 0.1) is 6.92 Å². The fraction of sp³-hybridized carbons (Fsp3) is 0.571. The number of nitrogens with zero attached hydrogens (tertiary/aromatic N) is 3. The monoisotopic (exact) mass is 402 g/mol. The lowest BCUT2D eigenvalue weighted by molar-refractivity contribution is 0.0527. The van der Waals surface area contributed by atoms with Crippen LogP contribution in [0.1, 0.15) is 39.9 Å². The summed E-state index contributed by atoms with van der Waals surface area (Å²) in [6, 6.07) is 8.16. The number of fused-ring (bicyclic) bond motifs is 1. The maximum Gasteiger partial charge on any atom is 0.407 e. The highest BCUT2D eigenvalue weighted by atomic mass is 16.6. The lowest BCUT2D eigenvalue weighted by atomic mass is 10.2. The average molecular weight is 403 g/mol. The summed E-state index contributed by atoms with van der Waals surface area (Å²) in [7, 11) is 0. The second kappa shape index (κ2) is 10.7. The third kappa shape index (κ3) is 7.63. The third-order valence-corrected chi connectivity index (χ3v) is 4.09. The van der Waals surface area contributed by atoms with Gasteiger partial charge in [0.2, 0.25) is 0 Å². The maximum atomic E-state index is 11.6. The van der Waals surface area contributed by atoms with Gasteiger partial charge in [-0.3, -0.25) is 4.99 Å². The number of guanidine groups is 1. The Kier molecular flexibility index (Phi) is 8.30. The van der Waals surface area contributed by atoms with Crippen LogP contribution in [-0.4, -0.2) is 53.4 Å². The summed E-state index contributed by atoms with van der Waals surface area (Å²) >= 11 is 0. The normalized spacial score (nSPS) is 12.1. The van der Waals surface area contributed by atoms with Crippen molar-refractivity contribution in [3.8, 4) is 0 Å². The predicted molar refractivity (Wildman–Crippen MR) is 117 cm³/mol. The number of hydrogen-bond acceptors (Lipinski definition) is 4. The van der Waals surface area contributed by atoms with Crippen LogP contribution in [0.2, 0.25) is 0 Å². The molecule has 0 bridgehead atoms. The van der Waals surface area contributed by atoms with Gasteiger partial charge in [-0.2, -0.15) is 0 Å². The number of carbonyl (C=O) groups is 1. The zero-order valence-electron chi connectivity index (χ0n) is 18.2. The van der Waals surface area contributed by atoms with Crippen molar-refractivity contribution in [2.75, 3.05) is 26.2 Å². The van der Waals surface area contributed by atoms with Crippen molar-refractivity contribution in [1.82, 2.24) is 25.5 Å². The van der Waals surface area contributed by atoms with E-state index < -0.39 is 11.7 Å². The zero-order valence-corrected chi connectivity index (χ0v) is 18.2. The summed E-state index contributed by atoms with van der Waals surface area (Å²) in [5, 5.41) is 9.36. The predicted octanol–water partition coefficient (Wildman–Crippen LogP) is 2.81. The molecule has 1 amide bonds. The van der Waals surface area contributed by atoms with E-state index >= 15 is 0 Å². The number of aromatic nitrogens is 2. The fourth-order valence-corrected chi connectivity index (χ4v) is 2.88. The number of benzene rings is 1. The molecule has 2 aromatic rings. The van der Waals surface area contributed by atoms with E-state index in [1.807, 2.05) is 52.8 Å². The molecule has 0 saturated heterocycles. The molecule has 0 aliphatic heterocycles. The van der Waals surface area contributed by atoms with Crippen LogP contribution in [0.5, 0.6) is 0 Å². The van der Waals surface area contributed by atoms with Crippen molar-refractivity contribution < 1.29 is 9.53 Å². The van der Waals surface area contributed by atoms with Crippen molar-refractivity contribution in [2.24, 2.45) is 4.99 Å². The minimum atomic E-state index is -0.483. The van der Waals surface area contributed by atoms with Crippen LogP contribution in [0.3, 0.4) is 0 Å². The highest BCUT2D eigenvalue weighted by molar-refractivity contribution is 5.79. The summed E-state index contributed by atoms with van der Waals surface area (Å²) in [6.07, 6.45) is 0.343. The minimum Gasteiger partial charge on any atom is -0.444 e. The molecule has 0 aliphatic rings. The third-order valence-electron chi connectivity index (χ3n) is 4.09. The van der Waals surface area contributed by atoms with Gasteiger partial charge in [0.15, 0.2) is 5.96 Å². The number of hydrogen-bond donors (Lipinski definition) is 3. The van der Waals surface area contributed by atoms with E-state index in [9.17, 15) is 4.79 Å². The fourth-order valence-electron chi connectivity index (χ4n) is 2.88. The number of aryl methyl sites for hydroxylation is 1. The smallest absolute Gasteiger partial charge is 0.407 e. The zero-order chi connectivity index (χ0) is 21.3. The van der Waals surface area contributed by atoms with E-state index in [1.54, 1.807) is 0 Å². The van der Waals surface area contributed by atoms with Crippen LogP contribution in [0.25, 0.3) is 11.0 Å². The quantitative estimate of drug-likeness (QED) is 0.359. The van der Waals surface area contributed by atoms with E-state index in [0.717, 1.165) is 48.9 Å². The SMILES string of the molecule is CCNC(=NCCCNC(=O)OC(C)(C)C)NCCn1c(C)nc2ccccc21. The van der Waals surface area contributed by atoms with Crippen molar-refractivity contribution in [2.45, 2.75) is 53.2 Å². The van der Waals surface area contributed by atoms with Gasteiger partial charge < -0.3 is 25.3 Å². The van der Waals surface area contributed by atoms with Crippen LogP contribution in [0.15, 0.2) is 29.3 Å². The summed E-state index contributed by atoms with van der Waals surface area (Å²) in [5.41, 5.74) is 1.67. The van der Waals surface area contributed by atoms with Gasteiger partial charge >= 0.3 is 6.09 Å². The summed E-state index contributed by atoms with van der Waals surface area (Å²) < 4.78 is 7.42. The topological polar surface area (TPSA) is 92.6 Å². The first-order valence-electron chi connectivity index (χ1n) is 10.2. The molecule has 1 aromatic heterocycles. The number of amides is 1. The van der Waals surface area contributed by atoms with Gasteiger partial charge in [-0.15, -0.1) is 0 Å². The Labute approximate surface area is 173 Å². The summed E-state index contributed by atoms with van der Waals surface area (Å²) in [6.45, 7) is 13.1. The van der Waals surface area contributed by atoms with Crippen LogP contribution >= 0.6 is 0 Å². The van der Waals surface area contributed by atoms with E-state index in [2.05, 4.69) is 36.6 Å². The molecule has 0 fully saturated rings. The molecule has 0 unspecified atom stereocenters. The van der Waals surface area contributed by atoms with E-state index in [4.69, 9.17) is 4.74 Å². The molecule has 0 aliphatic carbocycles. The molecule has 0 spiro atoms. The molecule has 3 N–H and O–H groups in total. The molecule has 8 nitrogen and oxygen atoms in total. The lowest BCUT2D eigenvalue weighted by Gasteiger charge is -2.19. The van der Waals surface area contributed by atoms with E-state index in [1.165, 1.54) is 0 Å². The van der Waals surface area contributed by atoms with Gasteiger partial charge in [0, 0.05) is 32.7 Å². The van der Waals surface area contributed by atoms with Gasteiger partial charge in [-0.05, 0) is 53.2 Å². The standard InChI is InChI=1S/C21H34N6O2/c1-6-22-19(23-12-9-13-25-20(28)29-21(3,4)5)24-14-15-27-16(2)26-17-10-7-8-11-18(17)27/h7-8,10-11H,6,9,12-15H2,1-5H3,(H,25,28)(H2,22,23,24). The Balaban J connectivity index is 1.77. The Hall–Kier alpha value is -2.77. The van der Waals surface area contributed by atoms with E-state index in [-0.39, 0.29) is 0 Å². The van der Waals surface area contributed by atoms with Gasteiger partial charge in [0.1, 0.15) is 11.4 Å². The van der Waals surface area contributed by atoms with Crippen LogP contribution < -0.4 is 16.0 Å². The average Bonchev–Trinajstić information content (AvgIpc) is 2.95. The molecule has 1 heterocycles. The highest BCUT2D eigenvalue weighted by Gasteiger charge is 2.15.